The molecule has 0 aliphatic carbocycles. The molecule has 1 heterocycles. The second kappa shape index (κ2) is 4.73. The minimum Gasteiger partial charge on any atom is -0.396 e. The lowest BCUT2D eigenvalue weighted by Gasteiger charge is -2.20. The molecule has 1 rings (SSSR count). The van der Waals surface area contributed by atoms with E-state index in [4.69, 9.17) is 5.11 Å². The first-order valence-corrected chi connectivity index (χ1v) is 4.72. The van der Waals surface area contributed by atoms with Crippen molar-refractivity contribution in [1.29, 1.82) is 0 Å². The Kier molecular flexibility index (Phi) is 3.87. The molecule has 0 amide bonds. The summed E-state index contributed by atoms with van der Waals surface area (Å²) >= 11 is 0. The molecule has 1 aliphatic rings. The molecule has 0 radical (unpaired) electrons. The van der Waals surface area contributed by atoms with Crippen molar-refractivity contribution in [3.63, 3.8) is 0 Å². The number of hydrogen-bond donors (Lipinski definition) is 2. The van der Waals surface area contributed by atoms with Gasteiger partial charge in [-0.15, -0.1) is 0 Å². The number of nitrogens with one attached hydrogen (secondary N) is 1. The molecular weight excluding hydrogens is 138 g/mol. The zero-order valence-corrected chi connectivity index (χ0v) is 7.34. The number of hydrogen-bond acceptors (Lipinski definition) is 2. The molecule has 0 aromatic carbocycles. The van der Waals surface area contributed by atoms with E-state index in [2.05, 4.69) is 12.2 Å². The van der Waals surface area contributed by atoms with Gasteiger partial charge in [0.05, 0.1) is 0 Å². The standard InChI is InChI=1S/C9H19NO/c1-2-4-8(7-11)9-5-3-6-10-9/h8-11H,2-7H2,1H3/t8-,9-/m0/s1. The molecule has 1 saturated heterocycles. The highest BCUT2D eigenvalue weighted by molar-refractivity contribution is 4.80. The summed E-state index contributed by atoms with van der Waals surface area (Å²) in [6.07, 6.45) is 4.88. The Morgan fingerprint density at radius 3 is 2.91 bits per heavy atom. The van der Waals surface area contributed by atoms with Gasteiger partial charge in [0, 0.05) is 12.6 Å². The molecule has 0 unspecified atom stereocenters. The Morgan fingerprint density at radius 2 is 2.45 bits per heavy atom. The maximum atomic E-state index is 9.08. The summed E-state index contributed by atoms with van der Waals surface area (Å²) in [4.78, 5) is 0. The molecule has 2 atom stereocenters. The Labute approximate surface area is 69.0 Å². The van der Waals surface area contributed by atoms with Gasteiger partial charge < -0.3 is 10.4 Å². The Morgan fingerprint density at radius 1 is 1.64 bits per heavy atom. The van der Waals surface area contributed by atoms with Gasteiger partial charge in [-0.2, -0.15) is 0 Å². The fraction of sp³-hybridized carbons (Fsp3) is 1.00. The lowest BCUT2D eigenvalue weighted by atomic mass is 9.95. The van der Waals surface area contributed by atoms with Crippen LogP contribution < -0.4 is 5.32 Å². The molecule has 1 fully saturated rings. The minimum absolute atomic E-state index is 0.353. The maximum Gasteiger partial charge on any atom is 0.0474 e. The monoisotopic (exact) mass is 157 g/mol. The number of rotatable bonds is 4. The van der Waals surface area contributed by atoms with Crippen molar-refractivity contribution in [1.82, 2.24) is 5.32 Å². The predicted molar refractivity (Wildman–Crippen MR) is 46.5 cm³/mol. The van der Waals surface area contributed by atoms with Gasteiger partial charge in [-0.05, 0) is 31.7 Å². The van der Waals surface area contributed by atoms with Crippen LogP contribution in [0, 0.1) is 5.92 Å². The van der Waals surface area contributed by atoms with Crippen molar-refractivity contribution < 1.29 is 5.11 Å². The highest BCUT2D eigenvalue weighted by Gasteiger charge is 2.22. The molecule has 0 saturated carbocycles. The largest absolute Gasteiger partial charge is 0.396 e. The van der Waals surface area contributed by atoms with Crippen molar-refractivity contribution in [2.45, 2.75) is 38.6 Å². The Hall–Kier alpha value is -0.0800. The van der Waals surface area contributed by atoms with E-state index in [1.54, 1.807) is 0 Å². The van der Waals surface area contributed by atoms with Crippen LogP contribution in [0.4, 0.5) is 0 Å². The zero-order chi connectivity index (χ0) is 8.10. The van der Waals surface area contributed by atoms with Crippen LogP contribution in [0.15, 0.2) is 0 Å². The summed E-state index contributed by atoms with van der Waals surface area (Å²) in [5.41, 5.74) is 0. The van der Waals surface area contributed by atoms with Crippen LogP contribution in [-0.2, 0) is 0 Å². The molecule has 0 aromatic rings. The van der Waals surface area contributed by atoms with Gasteiger partial charge in [-0.25, -0.2) is 0 Å². The summed E-state index contributed by atoms with van der Waals surface area (Å²) in [6.45, 7) is 3.67. The minimum atomic E-state index is 0.353. The van der Waals surface area contributed by atoms with Crippen LogP contribution in [0.2, 0.25) is 0 Å². The first kappa shape index (κ1) is 9.01. The van der Waals surface area contributed by atoms with Gasteiger partial charge in [0.2, 0.25) is 0 Å². The number of aliphatic hydroxyl groups excluding tert-OH is 1. The average molecular weight is 157 g/mol. The molecular formula is C9H19NO. The van der Waals surface area contributed by atoms with Crippen molar-refractivity contribution in [3.05, 3.63) is 0 Å². The quantitative estimate of drug-likeness (QED) is 0.641. The molecule has 2 nitrogen and oxygen atoms in total. The van der Waals surface area contributed by atoms with Crippen molar-refractivity contribution >= 4 is 0 Å². The van der Waals surface area contributed by atoms with E-state index in [0.29, 0.717) is 18.6 Å². The van der Waals surface area contributed by atoms with Crippen LogP contribution in [0.25, 0.3) is 0 Å². The summed E-state index contributed by atoms with van der Waals surface area (Å²) in [5, 5.41) is 12.5. The summed E-state index contributed by atoms with van der Waals surface area (Å²) in [7, 11) is 0. The first-order chi connectivity index (χ1) is 5.38. The van der Waals surface area contributed by atoms with E-state index in [1.807, 2.05) is 0 Å². The Balaban J connectivity index is 2.27. The topological polar surface area (TPSA) is 32.3 Å². The summed E-state index contributed by atoms with van der Waals surface area (Å²) in [5.74, 6) is 0.502. The van der Waals surface area contributed by atoms with Gasteiger partial charge in [0.15, 0.2) is 0 Å². The fourth-order valence-corrected chi connectivity index (χ4v) is 1.90. The third-order valence-corrected chi connectivity index (χ3v) is 2.56. The van der Waals surface area contributed by atoms with Gasteiger partial charge in [0.1, 0.15) is 0 Å². The van der Waals surface area contributed by atoms with Crippen LogP contribution in [0.3, 0.4) is 0 Å². The lowest BCUT2D eigenvalue weighted by molar-refractivity contribution is 0.187. The second-order valence-corrected chi connectivity index (χ2v) is 3.43. The van der Waals surface area contributed by atoms with Crippen LogP contribution in [0.1, 0.15) is 32.6 Å². The van der Waals surface area contributed by atoms with E-state index >= 15 is 0 Å². The Bertz CT molecular complexity index is 99.7. The predicted octanol–water partition coefficient (Wildman–Crippen LogP) is 1.15. The maximum absolute atomic E-state index is 9.08. The van der Waals surface area contributed by atoms with Crippen LogP contribution in [-0.4, -0.2) is 24.3 Å². The molecule has 2 heteroatoms. The lowest BCUT2D eigenvalue weighted by Crippen LogP contribution is -2.32. The highest BCUT2D eigenvalue weighted by Crippen LogP contribution is 2.18. The van der Waals surface area contributed by atoms with E-state index in [1.165, 1.54) is 19.3 Å². The molecule has 1 aliphatic heterocycles. The smallest absolute Gasteiger partial charge is 0.0474 e. The van der Waals surface area contributed by atoms with E-state index < -0.39 is 0 Å². The van der Waals surface area contributed by atoms with E-state index in [-0.39, 0.29) is 0 Å². The van der Waals surface area contributed by atoms with Gasteiger partial charge in [0.25, 0.3) is 0 Å². The van der Waals surface area contributed by atoms with Gasteiger partial charge in [-0.1, -0.05) is 13.3 Å². The summed E-state index contributed by atoms with van der Waals surface area (Å²) < 4.78 is 0. The molecule has 11 heavy (non-hydrogen) atoms. The summed E-state index contributed by atoms with van der Waals surface area (Å²) in [6, 6.07) is 0.597. The van der Waals surface area contributed by atoms with Crippen molar-refractivity contribution in [2.24, 2.45) is 5.92 Å². The normalized spacial score (nSPS) is 27.3. The first-order valence-electron chi connectivity index (χ1n) is 4.72. The third-order valence-electron chi connectivity index (χ3n) is 2.56. The van der Waals surface area contributed by atoms with Gasteiger partial charge in [-0.3, -0.25) is 0 Å². The van der Waals surface area contributed by atoms with Crippen LogP contribution >= 0.6 is 0 Å². The van der Waals surface area contributed by atoms with E-state index in [0.717, 1.165) is 13.0 Å². The molecule has 2 N–H and O–H groups in total. The molecule has 0 aromatic heterocycles. The van der Waals surface area contributed by atoms with Crippen molar-refractivity contribution in [2.75, 3.05) is 13.2 Å². The SMILES string of the molecule is CCC[C@@H](CO)[C@@H]1CCCN1. The van der Waals surface area contributed by atoms with E-state index in [9.17, 15) is 0 Å². The molecule has 0 bridgehead atoms. The fourth-order valence-electron chi connectivity index (χ4n) is 1.90. The zero-order valence-electron chi connectivity index (χ0n) is 7.34. The number of aliphatic hydroxyl groups is 1. The molecule has 0 spiro atoms. The van der Waals surface area contributed by atoms with Crippen LogP contribution in [0.5, 0.6) is 0 Å². The van der Waals surface area contributed by atoms with Crippen molar-refractivity contribution in [3.8, 4) is 0 Å². The highest BCUT2D eigenvalue weighted by atomic mass is 16.3. The van der Waals surface area contributed by atoms with Gasteiger partial charge >= 0.3 is 0 Å². The third kappa shape index (κ3) is 2.46. The average Bonchev–Trinajstić information content (AvgIpc) is 2.52. The second-order valence-electron chi connectivity index (χ2n) is 3.43. The molecule has 66 valence electrons.